The van der Waals surface area contributed by atoms with Crippen molar-refractivity contribution in [2.75, 3.05) is 11.4 Å². The number of alkyl halides is 1. The fraction of sp³-hybridized carbons (Fsp3) is 0.522. The van der Waals surface area contributed by atoms with Gasteiger partial charge in [-0.1, -0.05) is 26.0 Å². The fourth-order valence-electron chi connectivity index (χ4n) is 4.06. The number of nitrogens with zero attached hydrogens (tertiary/aromatic N) is 1. The van der Waals surface area contributed by atoms with Crippen molar-refractivity contribution in [1.82, 2.24) is 0 Å². The molecular formula is C23H30ClNO4. The monoisotopic (exact) mass is 419 g/mol. The number of carbonyl (C=O) groups is 1. The second-order valence-corrected chi connectivity index (χ2v) is 8.83. The summed E-state index contributed by atoms with van der Waals surface area (Å²) < 4.78 is 5.34. The number of aliphatic hydroxyl groups is 1. The standard InChI is InChI=1S/C23H30ClNO4/c1-15(2)14-21(26)16-6-8-17(9-7-16)25-13-12-19(24)20(25)5-3-4-18-10-11-22(29-18)23(27)28/h6-11,15,19-21,26H,3-5,12-14H2,1-2H3,(H,27,28). The number of carboxylic acids is 1. The molecule has 0 amide bonds. The SMILES string of the molecule is CC(C)CC(O)c1ccc(N2CCC(Cl)C2CCCc2ccc(C(=O)O)o2)cc1. The summed E-state index contributed by atoms with van der Waals surface area (Å²) in [6.45, 7) is 5.13. The summed E-state index contributed by atoms with van der Waals surface area (Å²) in [5.74, 6) is 0.0883. The van der Waals surface area contributed by atoms with Crippen molar-refractivity contribution in [2.24, 2.45) is 5.92 Å². The van der Waals surface area contributed by atoms with Crippen LogP contribution in [0.4, 0.5) is 5.69 Å². The minimum atomic E-state index is -1.04. The molecular weight excluding hydrogens is 390 g/mol. The molecule has 0 saturated carbocycles. The van der Waals surface area contributed by atoms with Gasteiger partial charge in [-0.05, 0) is 61.4 Å². The lowest BCUT2D eigenvalue weighted by Crippen LogP contribution is -2.33. The molecule has 1 aliphatic heterocycles. The molecule has 1 fully saturated rings. The van der Waals surface area contributed by atoms with Crippen LogP contribution in [0.25, 0.3) is 0 Å². The Bertz CT molecular complexity index is 801. The molecule has 0 bridgehead atoms. The minimum Gasteiger partial charge on any atom is -0.475 e. The van der Waals surface area contributed by atoms with E-state index in [1.807, 2.05) is 12.1 Å². The zero-order valence-electron chi connectivity index (χ0n) is 17.1. The Morgan fingerprint density at radius 3 is 2.59 bits per heavy atom. The van der Waals surface area contributed by atoms with Gasteiger partial charge < -0.3 is 19.5 Å². The van der Waals surface area contributed by atoms with Crippen LogP contribution in [0, 0.1) is 5.92 Å². The molecule has 2 aromatic rings. The summed E-state index contributed by atoms with van der Waals surface area (Å²) in [6.07, 6.45) is 3.75. The highest BCUT2D eigenvalue weighted by Gasteiger charge is 2.32. The highest BCUT2D eigenvalue weighted by molar-refractivity contribution is 6.21. The molecule has 0 radical (unpaired) electrons. The number of aryl methyl sites for hydroxylation is 1. The van der Waals surface area contributed by atoms with E-state index in [2.05, 4.69) is 30.9 Å². The second-order valence-electron chi connectivity index (χ2n) is 8.27. The summed E-state index contributed by atoms with van der Waals surface area (Å²) in [6, 6.07) is 11.6. The topological polar surface area (TPSA) is 73.9 Å². The summed E-state index contributed by atoms with van der Waals surface area (Å²) in [5.41, 5.74) is 2.08. The third-order valence-corrected chi connectivity index (χ3v) is 6.07. The van der Waals surface area contributed by atoms with E-state index in [1.165, 1.54) is 6.07 Å². The maximum Gasteiger partial charge on any atom is 0.371 e. The Morgan fingerprint density at radius 1 is 1.24 bits per heavy atom. The van der Waals surface area contributed by atoms with E-state index in [-0.39, 0.29) is 17.2 Å². The maximum atomic E-state index is 10.9. The Kier molecular flexibility index (Phi) is 7.25. The lowest BCUT2D eigenvalue weighted by Gasteiger charge is -2.28. The van der Waals surface area contributed by atoms with Crippen LogP contribution in [0.5, 0.6) is 0 Å². The molecule has 158 valence electrons. The number of rotatable bonds is 9. The van der Waals surface area contributed by atoms with Crippen LogP contribution in [0.15, 0.2) is 40.8 Å². The highest BCUT2D eigenvalue weighted by atomic mass is 35.5. The number of anilines is 1. The predicted octanol–water partition coefficient (Wildman–Crippen LogP) is 5.27. The number of furan rings is 1. The lowest BCUT2D eigenvalue weighted by atomic mass is 9.99. The summed E-state index contributed by atoms with van der Waals surface area (Å²) in [4.78, 5) is 13.3. The number of aliphatic hydroxyl groups excluding tert-OH is 1. The Morgan fingerprint density at radius 2 is 1.97 bits per heavy atom. The van der Waals surface area contributed by atoms with Gasteiger partial charge in [-0.15, -0.1) is 11.6 Å². The fourth-order valence-corrected chi connectivity index (χ4v) is 4.42. The molecule has 29 heavy (non-hydrogen) atoms. The van der Waals surface area contributed by atoms with E-state index in [4.69, 9.17) is 21.1 Å². The van der Waals surface area contributed by atoms with E-state index in [9.17, 15) is 9.90 Å². The van der Waals surface area contributed by atoms with Crippen LogP contribution in [0.2, 0.25) is 0 Å². The Labute approximate surface area is 177 Å². The van der Waals surface area contributed by atoms with Crippen molar-refractivity contribution >= 4 is 23.3 Å². The summed E-state index contributed by atoms with van der Waals surface area (Å²) >= 11 is 6.61. The van der Waals surface area contributed by atoms with Gasteiger partial charge in [0.1, 0.15) is 5.76 Å². The van der Waals surface area contributed by atoms with E-state index >= 15 is 0 Å². The van der Waals surface area contributed by atoms with Crippen molar-refractivity contribution in [3.63, 3.8) is 0 Å². The van der Waals surface area contributed by atoms with E-state index < -0.39 is 12.1 Å². The molecule has 0 aliphatic carbocycles. The van der Waals surface area contributed by atoms with Gasteiger partial charge in [0, 0.05) is 24.7 Å². The largest absolute Gasteiger partial charge is 0.475 e. The summed E-state index contributed by atoms with van der Waals surface area (Å²) in [5, 5.41) is 19.4. The molecule has 5 nitrogen and oxygen atoms in total. The third kappa shape index (κ3) is 5.55. The van der Waals surface area contributed by atoms with E-state index in [1.54, 1.807) is 6.07 Å². The van der Waals surface area contributed by atoms with Crippen molar-refractivity contribution in [1.29, 1.82) is 0 Å². The average Bonchev–Trinajstić information content (AvgIpc) is 3.29. The molecule has 1 saturated heterocycles. The predicted molar refractivity (Wildman–Crippen MR) is 115 cm³/mol. The van der Waals surface area contributed by atoms with Crippen molar-refractivity contribution in [3.05, 3.63) is 53.5 Å². The van der Waals surface area contributed by atoms with Gasteiger partial charge in [0.25, 0.3) is 0 Å². The van der Waals surface area contributed by atoms with E-state index in [0.717, 1.165) is 43.5 Å². The molecule has 6 heteroatoms. The lowest BCUT2D eigenvalue weighted by molar-refractivity contribution is 0.0660. The first-order valence-corrected chi connectivity index (χ1v) is 10.8. The minimum absolute atomic E-state index is 0.0162. The van der Waals surface area contributed by atoms with Gasteiger partial charge in [0.15, 0.2) is 0 Å². The molecule has 1 aromatic carbocycles. The molecule has 1 aromatic heterocycles. The van der Waals surface area contributed by atoms with Gasteiger partial charge in [0.05, 0.1) is 11.5 Å². The zero-order chi connectivity index (χ0) is 21.0. The molecule has 3 atom stereocenters. The van der Waals surface area contributed by atoms with Gasteiger partial charge in [0.2, 0.25) is 5.76 Å². The first-order valence-electron chi connectivity index (χ1n) is 10.4. The van der Waals surface area contributed by atoms with Gasteiger partial charge in [-0.25, -0.2) is 4.79 Å². The average molecular weight is 420 g/mol. The number of aromatic carboxylic acids is 1. The van der Waals surface area contributed by atoms with Gasteiger partial charge in [-0.2, -0.15) is 0 Å². The van der Waals surface area contributed by atoms with E-state index in [0.29, 0.717) is 18.1 Å². The van der Waals surface area contributed by atoms with Gasteiger partial charge in [-0.3, -0.25) is 0 Å². The number of carboxylic acid groups (broad SMARTS) is 1. The molecule has 1 aliphatic rings. The summed E-state index contributed by atoms with van der Waals surface area (Å²) in [7, 11) is 0. The number of hydrogen-bond donors (Lipinski definition) is 2. The van der Waals surface area contributed by atoms with Crippen molar-refractivity contribution in [3.8, 4) is 0 Å². The molecule has 0 spiro atoms. The van der Waals surface area contributed by atoms with Crippen molar-refractivity contribution in [2.45, 2.75) is 63.5 Å². The van der Waals surface area contributed by atoms with Crippen LogP contribution in [0.3, 0.4) is 0 Å². The van der Waals surface area contributed by atoms with Crippen LogP contribution in [-0.2, 0) is 6.42 Å². The normalized spacial score (nSPS) is 20.4. The Balaban J connectivity index is 1.59. The zero-order valence-corrected chi connectivity index (χ0v) is 17.8. The number of benzene rings is 1. The molecule has 2 heterocycles. The molecule has 3 rings (SSSR count). The number of halogens is 1. The quantitative estimate of drug-likeness (QED) is 0.542. The first kappa shape index (κ1) is 21.7. The number of hydrogen-bond acceptors (Lipinski definition) is 4. The molecule has 3 unspecified atom stereocenters. The van der Waals surface area contributed by atoms with Crippen LogP contribution >= 0.6 is 11.6 Å². The molecule has 2 N–H and O–H groups in total. The smallest absolute Gasteiger partial charge is 0.371 e. The third-order valence-electron chi connectivity index (χ3n) is 5.56. The van der Waals surface area contributed by atoms with Crippen LogP contribution in [-0.4, -0.2) is 34.1 Å². The highest BCUT2D eigenvalue weighted by Crippen LogP contribution is 2.33. The van der Waals surface area contributed by atoms with Crippen molar-refractivity contribution < 1.29 is 19.4 Å². The maximum absolute atomic E-state index is 10.9. The second kappa shape index (κ2) is 9.68. The first-order chi connectivity index (χ1) is 13.8. The van der Waals surface area contributed by atoms with Gasteiger partial charge >= 0.3 is 5.97 Å². The van der Waals surface area contributed by atoms with Crippen LogP contribution < -0.4 is 4.90 Å². The van der Waals surface area contributed by atoms with Crippen LogP contribution in [0.1, 0.15) is 67.5 Å². The Hall–Kier alpha value is -1.98.